The Hall–Kier alpha value is -3.57. The molecular weight excluding hydrogens is 503 g/mol. The number of carbonyl (C=O) groups is 1. The van der Waals surface area contributed by atoms with Crippen LogP contribution in [0.25, 0.3) is 10.9 Å². The van der Waals surface area contributed by atoms with E-state index in [4.69, 9.17) is 23.9 Å². The van der Waals surface area contributed by atoms with E-state index < -0.39 is 17.6 Å². The number of rotatable bonds is 9. The van der Waals surface area contributed by atoms with Crippen LogP contribution in [0.4, 0.5) is 19.0 Å². The van der Waals surface area contributed by atoms with Gasteiger partial charge in [0.1, 0.15) is 5.82 Å². The van der Waals surface area contributed by atoms with Gasteiger partial charge in [0.05, 0.1) is 45.1 Å². The van der Waals surface area contributed by atoms with Gasteiger partial charge in [0.15, 0.2) is 11.5 Å². The van der Waals surface area contributed by atoms with Crippen LogP contribution in [-0.4, -0.2) is 76.6 Å². The van der Waals surface area contributed by atoms with E-state index in [0.717, 1.165) is 23.1 Å². The number of aromatic nitrogens is 1. The second kappa shape index (κ2) is 11.9. The van der Waals surface area contributed by atoms with Gasteiger partial charge in [-0.25, -0.2) is 4.98 Å². The Morgan fingerprint density at radius 3 is 2.29 bits per heavy atom. The minimum absolute atomic E-state index is 0.155. The number of alkyl halides is 3. The summed E-state index contributed by atoms with van der Waals surface area (Å²) in [5, 5.41) is 0.795. The van der Waals surface area contributed by atoms with Crippen LogP contribution in [0.3, 0.4) is 0 Å². The van der Waals surface area contributed by atoms with Gasteiger partial charge in [0.25, 0.3) is 5.91 Å². The molecule has 0 atom stereocenters. The van der Waals surface area contributed by atoms with E-state index >= 15 is 0 Å². The molecule has 38 heavy (non-hydrogen) atoms. The van der Waals surface area contributed by atoms with Crippen molar-refractivity contribution in [1.82, 2.24) is 9.88 Å². The van der Waals surface area contributed by atoms with Crippen LogP contribution in [-0.2, 0) is 22.2 Å². The van der Waals surface area contributed by atoms with Crippen LogP contribution < -0.4 is 14.4 Å². The van der Waals surface area contributed by atoms with Crippen molar-refractivity contribution in [3.05, 3.63) is 59.2 Å². The van der Waals surface area contributed by atoms with Gasteiger partial charge in [-0.3, -0.25) is 4.79 Å². The van der Waals surface area contributed by atoms with Crippen molar-refractivity contribution in [2.24, 2.45) is 0 Å². The number of morpholine rings is 1. The molecule has 1 fully saturated rings. The minimum Gasteiger partial charge on any atom is -0.493 e. The minimum atomic E-state index is -4.48. The fourth-order valence-electron chi connectivity index (χ4n) is 4.34. The largest absolute Gasteiger partial charge is 0.493 e. The van der Waals surface area contributed by atoms with Gasteiger partial charge in [0, 0.05) is 55.9 Å². The number of benzene rings is 2. The number of methoxy groups -OCH3 is 3. The molecule has 1 aliphatic rings. The van der Waals surface area contributed by atoms with Crippen molar-refractivity contribution < 1.29 is 36.9 Å². The maximum absolute atomic E-state index is 13.4. The molecule has 0 spiro atoms. The van der Waals surface area contributed by atoms with Gasteiger partial charge in [-0.2, -0.15) is 13.2 Å². The zero-order valence-electron chi connectivity index (χ0n) is 21.5. The van der Waals surface area contributed by atoms with E-state index in [0.29, 0.717) is 49.1 Å². The highest BCUT2D eigenvalue weighted by molar-refractivity contribution is 5.94. The van der Waals surface area contributed by atoms with Crippen molar-refractivity contribution in [3.8, 4) is 11.5 Å². The van der Waals surface area contributed by atoms with E-state index in [9.17, 15) is 18.0 Å². The summed E-state index contributed by atoms with van der Waals surface area (Å²) in [4.78, 5) is 22.0. The molecule has 3 aromatic rings. The molecule has 0 radical (unpaired) electrons. The lowest BCUT2D eigenvalue weighted by Crippen LogP contribution is -2.39. The van der Waals surface area contributed by atoms with E-state index in [1.807, 2.05) is 12.1 Å². The number of anilines is 1. The molecule has 2 aromatic carbocycles. The Morgan fingerprint density at radius 1 is 1.03 bits per heavy atom. The number of amides is 1. The van der Waals surface area contributed by atoms with Crippen LogP contribution in [0.1, 0.15) is 21.5 Å². The summed E-state index contributed by atoms with van der Waals surface area (Å²) < 4.78 is 60.7. The molecule has 8 nitrogen and oxygen atoms in total. The summed E-state index contributed by atoms with van der Waals surface area (Å²) in [6.07, 6.45) is -4.48. The molecule has 0 N–H and O–H groups in total. The second-order valence-electron chi connectivity index (χ2n) is 8.77. The molecule has 1 amide bonds. The lowest BCUT2D eigenvalue weighted by atomic mass is 10.1. The molecular formula is C27H30F3N3O5. The zero-order chi connectivity index (χ0) is 27.3. The van der Waals surface area contributed by atoms with Crippen LogP contribution in [0.15, 0.2) is 42.5 Å². The number of fused-ring (bicyclic) bond motifs is 1. The Labute approximate surface area is 218 Å². The summed E-state index contributed by atoms with van der Waals surface area (Å²) in [5.74, 6) is 1.39. The number of ether oxygens (including phenoxy) is 4. The molecule has 11 heteroatoms. The third-order valence-electron chi connectivity index (χ3n) is 6.36. The Kier molecular flexibility index (Phi) is 8.58. The number of hydrogen-bond acceptors (Lipinski definition) is 7. The molecule has 204 valence electrons. The van der Waals surface area contributed by atoms with Crippen LogP contribution in [0.5, 0.6) is 11.5 Å². The summed E-state index contributed by atoms with van der Waals surface area (Å²) >= 11 is 0. The number of hydrogen-bond donors (Lipinski definition) is 0. The van der Waals surface area contributed by atoms with Crippen LogP contribution in [0.2, 0.25) is 0 Å². The predicted molar refractivity (Wildman–Crippen MR) is 136 cm³/mol. The molecule has 2 heterocycles. The van der Waals surface area contributed by atoms with E-state index in [-0.39, 0.29) is 25.3 Å². The zero-order valence-corrected chi connectivity index (χ0v) is 21.5. The lowest BCUT2D eigenvalue weighted by molar-refractivity contribution is -0.137. The van der Waals surface area contributed by atoms with Gasteiger partial charge in [-0.05, 0) is 36.4 Å². The van der Waals surface area contributed by atoms with Gasteiger partial charge in [-0.15, -0.1) is 0 Å². The topological polar surface area (TPSA) is 73.4 Å². The van der Waals surface area contributed by atoms with Gasteiger partial charge >= 0.3 is 6.18 Å². The average molecular weight is 534 g/mol. The van der Waals surface area contributed by atoms with E-state index in [2.05, 4.69) is 4.90 Å². The monoisotopic (exact) mass is 533 g/mol. The molecule has 4 rings (SSSR count). The van der Waals surface area contributed by atoms with Crippen molar-refractivity contribution in [2.75, 3.05) is 65.7 Å². The molecule has 1 saturated heterocycles. The number of halogens is 3. The average Bonchev–Trinajstić information content (AvgIpc) is 2.93. The highest BCUT2D eigenvalue weighted by Crippen LogP contribution is 2.35. The lowest BCUT2D eigenvalue weighted by Gasteiger charge is -2.31. The third-order valence-corrected chi connectivity index (χ3v) is 6.36. The van der Waals surface area contributed by atoms with Crippen molar-refractivity contribution in [3.63, 3.8) is 0 Å². The SMILES string of the molecule is COCCN(Cc1cc2cc(OC)c(OC)cc2nc1N1CCOCC1)C(=O)c1ccc(C(F)(F)F)cc1. The fourth-order valence-corrected chi connectivity index (χ4v) is 4.34. The number of pyridine rings is 1. The first-order valence-corrected chi connectivity index (χ1v) is 12.1. The molecule has 0 unspecified atom stereocenters. The summed E-state index contributed by atoms with van der Waals surface area (Å²) in [5.41, 5.74) is 0.825. The second-order valence-corrected chi connectivity index (χ2v) is 8.77. The van der Waals surface area contributed by atoms with Crippen LogP contribution in [0, 0.1) is 0 Å². The summed E-state index contributed by atoms with van der Waals surface area (Å²) in [7, 11) is 4.63. The predicted octanol–water partition coefficient (Wildman–Crippen LogP) is 4.40. The maximum Gasteiger partial charge on any atom is 0.416 e. The molecule has 1 aliphatic heterocycles. The third kappa shape index (κ3) is 6.11. The highest BCUT2D eigenvalue weighted by atomic mass is 19.4. The van der Waals surface area contributed by atoms with Gasteiger partial charge in [0.2, 0.25) is 0 Å². The first-order valence-electron chi connectivity index (χ1n) is 12.1. The maximum atomic E-state index is 13.4. The fraction of sp³-hybridized carbons (Fsp3) is 0.407. The van der Waals surface area contributed by atoms with Crippen molar-refractivity contribution in [1.29, 1.82) is 0 Å². The Balaban J connectivity index is 1.74. The molecule has 0 bridgehead atoms. The van der Waals surface area contributed by atoms with E-state index in [1.54, 1.807) is 25.2 Å². The normalized spacial score (nSPS) is 14.0. The van der Waals surface area contributed by atoms with Crippen LogP contribution >= 0.6 is 0 Å². The van der Waals surface area contributed by atoms with Crippen molar-refractivity contribution >= 4 is 22.6 Å². The number of nitrogens with zero attached hydrogens (tertiary/aromatic N) is 3. The van der Waals surface area contributed by atoms with Gasteiger partial charge < -0.3 is 28.7 Å². The van der Waals surface area contributed by atoms with Crippen molar-refractivity contribution in [2.45, 2.75) is 12.7 Å². The molecule has 0 aliphatic carbocycles. The van der Waals surface area contributed by atoms with Gasteiger partial charge in [-0.1, -0.05) is 0 Å². The Bertz CT molecular complexity index is 1260. The van der Waals surface area contributed by atoms with E-state index in [1.165, 1.54) is 19.2 Å². The summed E-state index contributed by atoms with van der Waals surface area (Å²) in [6, 6.07) is 9.81. The first kappa shape index (κ1) is 27.5. The quantitative estimate of drug-likeness (QED) is 0.404. The molecule has 0 saturated carbocycles. The highest BCUT2D eigenvalue weighted by Gasteiger charge is 2.30. The molecule has 1 aromatic heterocycles. The standard InChI is InChI=1S/C27H30F3N3O5/c1-35-11-8-33(26(34)18-4-6-21(7-5-18)27(28,29)30)17-20-14-19-15-23(36-2)24(37-3)16-22(19)31-25(20)32-9-12-38-13-10-32/h4-7,14-16H,8-13,17H2,1-3H3. The summed E-state index contributed by atoms with van der Waals surface area (Å²) in [6.45, 7) is 3.01. The number of carbonyl (C=O) groups excluding carboxylic acids is 1. The smallest absolute Gasteiger partial charge is 0.416 e. The Morgan fingerprint density at radius 2 is 1.68 bits per heavy atom. The first-order chi connectivity index (χ1) is 18.2.